The highest BCUT2D eigenvalue weighted by atomic mass is 35.5. The summed E-state index contributed by atoms with van der Waals surface area (Å²) in [6.07, 6.45) is 1.02. The molecule has 0 aliphatic rings. The van der Waals surface area contributed by atoms with Crippen LogP contribution in [0.25, 0.3) is 0 Å². The van der Waals surface area contributed by atoms with Crippen molar-refractivity contribution in [2.45, 2.75) is 13.3 Å². The second kappa shape index (κ2) is 5.83. The molecular weight excluding hydrogens is 212 g/mol. The second-order valence-electron chi connectivity index (χ2n) is 3.41. The zero-order valence-electron chi connectivity index (χ0n) is 8.91. The van der Waals surface area contributed by atoms with Gasteiger partial charge in [-0.15, -0.1) is 0 Å². The summed E-state index contributed by atoms with van der Waals surface area (Å²) in [4.78, 5) is 2.06. The van der Waals surface area contributed by atoms with E-state index < -0.39 is 0 Å². The number of nitrogens with zero attached hydrogens (tertiary/aromatic N) is 1. The molecule has 0 amide bonds. The Balaban J connectivity index is 2.89. The maximum atomic E-state index is 8.96. The lowest BCUT2D eigenvalue weighted by molar-refractivity contribution is 0.302. The van der Waals surface area contributed by atoms with E-state index in [1.807, 2.05) is 12.1 Å². The number of nitrogen functional groups attached to an aromatic ring is 1. The minimum Gasteiger partial charge on any atom is -0.397 e. The summed E-state index contributed by atoms with van der Waals surface area (Å²) >= 11 is 5.83. The highest BCUT2D eigenvalue weighted by molar-refractivity contribution is 6.31. The number of hydrogen-bond donors (Lipinski definition) is 2. The van der Waals surface area contributed by atoms with E-state index in [0.29, 0.717) is 17.3 Å². The quantitative estimate of drug-likeness (QED) is 0.760. The largest absolute Gasteiger partial charge is 0.397 e. The lowest BCUT2D eigenvalue weighted by Crippen LogP contribution is -2.28. The van der Waals surface area contributed by atoms with Gasteiger partial charge in [-0.2, -0.15) is 0 Å². The number of aliphatic hydroxyl groups is 1. The Morgan fingerprint density at radius 3 is 2.67 bits per heavy atom. The number of halogens is 1. The van der Waals surface area contributed by atoms with Crippen LogP contribution in [0.1, 0.15) is 13.3 Å². The number of aliphatic hydroxyl groups excluding tert-OH is 1. The zero-order valence-corrected chi connectivity index (χ0v) is 9.67. The first kappa shape index (κ1) is 12.1. The van der Waals surface area contributed by atoms with Gasteiger partial charge in [0.1, 0.15) is 0 Å². The molecule has 4 heteroatoms. The van der Waals surface area contributed by atoms with Crippen molar-refractivity contribution in [2.75, 3.05) is 30.3 Å². The van der Waals surface area contributed by atoms with Crippen LogP contribution in [-0.4, -0.2) is 24.8 Å². The Morgan fingerprint density at radius 1 is 1.40 bits per heavy atom. The fraction of sp³-hybridized carbons (Fsp3) is 0.455. The molecule has 3 nitrogen and oxygen atoms in total. The average molecular weight is 229 g/mol. The van der Waals surface area contributed by atoms with Crippen molar-refractivity contribution in [3.05, 3.63) is 23.2 Å². The van der Waals surface area contributed by atoms with E-state index in [2.05, 4.69) is 11.8 Å². The van der Waals surface area contributed by atoms with E-state index in [1.54, 1.807) is 6.07 Å². The third-order valence-corrected chi connectivity index (χ3v) is 2.43. The lowest BCUT2D eigenvalue weighted by atomic mass is 10.2. The summed E-state index contributed by atoms with van der Waals surface area (Å²) in [5.74, 6) is 0. The van der Waals surface area contributed by atoms with Crippen molar-refractivity contribution in [2.24, 2.45) is 0 Å². The van der Waals surface area contributed by atoms with Gasteiger partial charge in [0.15, 0.2) is 0 Å². The maximum absolute atomic E-state index is 8.96. The third kappa shape index (κ3) is 3.29. The molecule has 84 valence electrons. The summed E-state index contributed by atoms with van der Waals surface area (Å²) in [6.45, 7) is 3.70. The van der Waals surface area contributed by atoms with Crippen molar-refractivity contribution >= 4 is 23.0 Å². The van der Waals surface area contributed by atoms with Crippen molar-refractivity contribution < 1.29 is 5.11 Å². The Hall–Kier alpha value is -0.930. The highest BCUT2D eigenvalue weighted by Gasteiger charge is 2.08. The predicted octanol–water partition coefficient (Wildman–Crippen LogP) is 2.13. The molecule has 0 saturated heterocycles. The molecule has 0 fully saturated rings. The molecule has 1 aromatic carbocycles. The van der Waals surface area contributed by atoms with Gasteiger partial charge in [0.25, 0.3) is 0 Å². The number of anilines is 2. The van der Waals surface area contributed by atoms with Crippen LogP contribution < -0.4 is 10.6 Å². The smallest absolute Gasteiger partial charge is 0.0606 e. The van der Waals surface area contributed by atoms with Gasteiger partial charge >= 0.3 is 0 Å². The van der Waals surface area contributed by atoms with Crippen molar-refractivity contribution in [3.8, 4) is 0 Å². The highest BCUT2D eigenvalue weighted by Crippen LogP contribution is 2.26. The van der Waals surface area contributed by atoms with Crippen LogP contribution in [0.3, 0.4) is 0 Å². The van der Waals surface area contributed by atoms with Crippen LogP contribution in [0.15, 0.2) is 18.2 Å². The summed E-state index contributed by atoms with van der Waals surface area (Å²) in [5.41, 5.74) is 7.47. The van der Waals surface area contributed by atoms with E-state index in [1.165, 1.54) is 0 Å². The van der Waals surface area contributed by atoms with Gasteiger partial charge in [0.2, 0.25) is 0 Å². The topological polar surface area (TPSA) is 49.5 Å². The molecule has 0 heterocycles. The van der Waals surface area contributed by atoms with E-state index in [-0.39, 0.29) is 6.61 Å². The molecule has 0 atom stereocenters. The fourth-order valence-electron chi connectivity index (χ4n) is 1.56. The summed E-state index contributed by atoms with van der Waals surface area (Å²) in [6, 6.07) is 5.44. The maximum Gasteiger partial charge on any atom is 0.0606 e. The van der Waals surface area contributed by atoms with Crippen LogP contribution >= 0.6 is 11.6 Å². The second-order valence-corrected chi connectivity index (χ2v) is 3.85. The van der Waals surface area contributed by atoms with Gasteiger partial charge in [-0.3, -0.25) is 0 Å². The van der Waals surface area contributed by atoms with Gasteiger partial charge in [-0.25, -0.2) is 0 Å². The predicted molar refractivity (Wildman–Crippen MR) is 65.5 cm³/mol. The standard InChI is InChI=1S/C11H17ClN2O/c1-2-5-14(6-7-15)11-4-3-9(12)8-10(11)13/h3-4,8,15H,2,5-7,13H2,1H3. The molecule has 0 bridgehead atoms. The molecule has 0 radical (unpaired) electrons. The third-order valence-electron chi connectivity index (χ3n) is 2.19. The average Bonchev–Trinajstić information content (AvgIpc) is 2.17. The van der Waals surface area contributed by atoms with Crippen molar-refractivity contribution in [1.82, 2.24) is 0 Å². The van der Waals surface area contributed by atoms with Crippen LogP contribution in [0.5, 0.6) is 0 Å². The number of benzene rings is 1. The first-order valence-corrected chi connectivity index (χ1v) is 5.47. The SMILES string of the molecule is CCCN(CCO)c1ccc(Cl)cc1N. The van der Waals surface area contributed by atoms with Crippen LogP contribution in [0.2, 0.25) is 5.02 Å². The summed E-state index contributed by atoms with van der Waals surface area (Å²) < 4.78 is 0. The number of hydrogen-bond acceptors (Lipinski definition) is 3. The van der Waals surface area contributed by atoms with Crippen LogP contribution in [0, 0.1) is 0 Å². The Kier molecular flexibility index (Phi) is 4.72. The monoisotopic (exact) mass is 228 g/mol. The van der Waals surface area contributed by atoms with Gasteiger partial charge < -0.3 is 15.7 Å². The first-order chi connectivity index (χ1) is 7.19. The zero-order chi connectivity index (χ0) is 11.3. The lowest BCUT2D eigenvalue weighted by Gasteiger charge is -2.24. The molecule has 0 aliphatic carbocycles. The molecule has 0 saturated carbocycles. The first-order valence-electron chi connectivity index (χ1n) is 5.10. The summed E-state index contributed by atoms with van der Waals surface area (Å²) in [7, 11) is 0. The van der Waals surface area contributed by atoms with Crippen LogP contribution in [-0.2, 0) is 0 Å². The summed E-state index contributed by atoms with van der Waals surface area (Å²) in [5, 5.41) is 9.60. The molecule has 0 aromatic heterocycles. The van der Waals surface area contributed by atoms with Gasteiger partial charge in [-0.05, 0) is 24.6 Å². The van der Waals surface area contributed by atoms with E-state index in [0.717, 1.165) is 18.7 Å². The molecule has 0 spiro atoms. The minimum absolute atomic E-state index is 0.127. The molecule has 0 unspecified atom stereocenters. The van der Waals surface area contributed by atoms with Crippen LogP contribution in [0.4, 0.5) is 11.4 Å². The Morgan fingerprint density at radius 2 is 2.13 bits per heavy atom. The minimum atomic E-state index is 0.127. The van der Waals surface area contributed by atoms with Gasteiger partial charge in [0, 0.05) is 18.1 Å². The van der Waals surface area contributed by atoms with E-state index >= 15 is 0 Å². The normalized spacial score (nSPS) is 10.3. The van der Waals surface area contributed by atoms with Gasteiger partial charge in [0.05, 0.1) is 18.0 Å². The number of rotatable bonds is 5. The molecule has 0 aliphatic heterocycles. The van der Waals surface area contributed by atoms with E-state index in [9.17, 15) is 0 Å². The molecule has 15 heavy (non-hydrogen) atoms. The van der Waals surface area contributed by atoms with Crippen molar-refractivity contribution in [1.29, 1.82) is 0 Å². The van der Waals surface area contributed by atoms with Crippen molar-refractivity contribution in [3.63, 3.8) is 0 Å². The number of nitrogens with two attached hydrogens (primary N) is 1. The molecule has 1 rings (SSSR count). The van der Waals surface area contributed by atoms with Gasteiger partial charge in [-0.1, -0.05) is 18.5 Å². The fourth-order valence-corrected chi connectivity index (χ4v) is 1.74. The Bertz CT molecular complexity index is 311. The van der Waals surface area contributed by atoms with E-state index in [4.69, 9.17) is 22.4 Å². The Labute approximate surface area is 95.5 Å². The molecule has 3 N–H and O–H groups in total. The molecule has 1 aromatic rings. The molecular formula is C11H17ClN2O.